The van der Waals surface area contributed by atoms with E-state index < -0.39 is 0 Å². The van der Waals surface area contributed by atoms with Gasteiger partial charge in [0.25, 0.3) is 0 Å². The highest BCUT2D eigenvalue weighted by Crippen LogP contribution is 2.31. The van der Waals surface area contributed by atoms with Crippen molar-refractivity contribution in [1.29, 1.82) is 0 Å². The molecule has 0 aliphatic rings. The second-order valence-corrected chi connectivity index (χ2v) is 4.27. The van der Waals surface area contributed by atoms with Crippen LogP contribution in [-0.4, -0.2) is 7.85 Å². The Morgan fingerprint density at radius 3 is 1.92 bits per heavy atom. The fraction of sp³-hybridized carbons (Fsp3) is 1.00. The molecule has 0 spiro atoms. The van der Waals surface area contributed by atoms with E-state index in [1.165, 1.54) is 25.7 Å². The van der Waals surface area contributed by atoms with Crippen LogP contribution in [0.2, 0.25) is 5.82 Å². The van der Waals surface area contributed by atoms with Crippen LogP contribution in [-0.2, 0) is 0 Å². The molecule has 0 nitrogen and oxygen atoms in total. The third kappa shape index (κ3) is 3.64. The van der Waals surface area contributed by atoms with E-state index in [-0.39, 0.29) is 0 Å². The summed E-state index contributed by atoms with van der Waals surface area (Å²) in [6, 6.07) is 0. The van der Waals surface area contributed by atoms with Gasteiger partial charge in [-0.25, -0.2) is 0 Å². The molecular weight excluding hydrogens is 143 g/mol. The molecule has 0 radical (unpaired) electrons. The molecule has 0 saturated heterocycles. The molecule has 72 valence electrons. The maximum absolute atomic E-state index is 2.37. The molecule has 3 unspecified atom stereocenters. The Hall–Kier alpha value is 0.0649. The zero-order valence-corrected chi connectivity index (χ0v) is 9.56. The van der Waals surface area contributed by atoms with E-state index in [4.69, 9.17) is 0 Å². The van der Waals surface area contributed by atoms with Gasteiger partial charge in [0.1, 0.15) is 7.85 Å². The normalized spacial score (nSPS) is 18.7. The van der Waals surface area contributed by atoms with Gasteiger partial charge in [0.05, 0.1) is 0 Å². The van der Waals surface area contributed by atoms with Gasteiger partial charge in [0, 0.05) is 0 Å². The second-order valence-electron chi connectivity index (χ2n) is 4.27. The van der Waals surface area contributed by atoms with E-state index in [2.05, 4.69) is 35.5 Å². The van der Waals surface area contributed by atoms with Crippen molar-refractivity contribution in [3.05, 3.63) is 0 Å². The summed E-state index contributed by atoms with van der Waals surface area (Å²) in [5, 5.41) is 0. The van der Waals surface area contributed by atoms with Gasteiger partial charge in [-0.05, 0) is 11.8 Å². The zero-order valence-electron chi connectivity index (χ0n) is 9.56. The Morgan fingerprint density at radius 2 is 1.67 bits per heavy atom. The zero-order chi connectivity index (χ0) is 9.56. The second kappa shape index (κ2) is 6.57. The molecule has 0 aromatic rings. The Balaban J connectivity index is 4.02. The third-order valence-corrected chi connectivity index (χ3v) is 3.12. The largest absolute Gasteiger partial charge is 0.105 e. The molecule has 3 atom stereocenters. The van der Waals surface area contributed by atoms with Crippen LogP contribution < -0.4 is 0 Å². The standard InChI is InChI=1S/C11H25B/c1-5-8-10(6-2)11(7-3)9(4)12/h9-11H,5-8,12H2,1-4H3. The van der Waals surface area contributed by atoms with Gasteiger partial charge in [-0.15, -0.1) is 0 Å². The van der Waals surface area contributed by atoms with Crippen LogP contribution in [0.5, 0.6) is 0 Å². The first-order valence-corrected chi connectivity index (χ1v) is 5.67. The van der Waals surface area contributed by atoms with Crippen molar-refractivity contribution in [2.45, 2.75) is 59.2 Å². The molecule has 12 heavy (non-hydrogen) atoms. The highest BCUT2D eigenvalue weighted by Gasteiger charge is 2.19. The van der Waals surface area contributed by atoms with Gasteiger partial charge < -0.3 is 0 Å². The average Bonchev–Trinajstić information content (AvgIpc) is 2.03. The highest BCUT2D eigenvalue weighted by molar-refractivity contribution is 6.11. The summed E-state index contributed by atoms with van der Waals surface area (Å²) in [5.74, 6) is 2.79. The minimum atomic E-state index is 0.867. The summed E-state index contributed by atoms with van der Waals surface area (Å²) in [6.45, 7) is 9.34. The molecule has 0 saturated carbocycles. The highest BCUT2D eigenvalue weighted by atomic mass is 14.2. The maximum Gasteiger partial charge on any atom is 0.105 e. The van der Waals surface area contributed by atoms with Crippen LogP contribution in [0.25, 0.3) is 0 Å². The monoisotopic (exact) mass is 168 g/mol. The molecule has 0 rings (SSSR count). The molecule has 0 aliphatic carbocycles. The Labute approximate surface area is 79.5 Å². The van der Waals surface area contributed by atoms with Crippen molar-refractivity contribution in [3.8, 4) is 0 Å². The van der Waals surface area contributed by atoms with Crippen molar-refractivity contribution in [2.24, 2.45) is 11.8 Å². The molecule has 0 N–H and O–H groups in total. The number of hydrogen-bond acceptors (Lipinski definition) is 0. The van der Waals surface area contributed by atoms with Crippen molar-refractivity contribution >= 4 is 7.85 Å². The Morgan fingerprint density at radius 1 is 1.08 bits per heavy atom. The van der Waals surface area contributed by atoms with Crippen molar-refractivity contribution in [2.75, 3.05) is 0 Å². The molecule has 0 aromatic carbocycles. The average molecular weight is 168 g/mol. The van der Waals surface area contributed by atoms with Crippen molar-refractivity contribution in [3.63, 3.8) is 0 Å². The van der Waals surface area contributed by atoms with Gasteiger partial charge in [-0.2, -0.15) is 0 Å². The topological polar surface area (TPSA) is 0 Å². The summed E-state index contributed by atoms with van der Waals surface area (Å²) in [7, 11) is 2.37. The Kier molecular flexibility index (Phi) is 6.60. The summed E-state index contributed by atoms with van der Waals surface area (Å²) in [4.78, 5) is 0. The molecule has 0 aromatic heterocycles. The molecular formula is C11H25B. The van der Waals surface area contributed by atoms with Crippen LogP contribution in [0, 0.1) is 11.8 Å². The fourth-order valence-corrected chi connectivity index (χ4v) is 2.44. The van der Waals surface area contributed by atoms with E-state index in [9.17, 15) is 0 Å². The van der Waals surface area contributed by atoms with Gasteiger partial charge in [-0.1, -0.05) is 59.2 Å². The van der Waals surface area contributed by atoms with E-state index >= 15 is 0 Å². The summed E-state index contributed by atoms with van der Waals surface area (Å²) in [5.41, 5.74) is 0. The lowest BCUT2D eigenvalue weighted by Gasteiger charge is -2.28. The van der Waals surface area contributed by atoms with Gasteiger partial charge in [0.2, 0.25) is 0 Å². The van der Waals surface area contributed by atoms with Gasteiger partial charge in [-0.3, -0.25) is 0 Å². The van der Waals surface area contributed by atoms with Crippen molar-refractivity contribution < 1.29 is 0 Å². The van der Waals surface area contributed by atoms with E-state index in [1.54, 1.807) is 0 Å². The summed E-state index contributed by atoms with van der Waals surface area (Å²) < 4.78 is 0. The number of hydrogen-bond donors (Lipinski definition) is 0. The predicted octanol–water partition coefficient (Wildman–Crippen LogP) is 3.28. The van der Waals surface area contributed by atoms with Crippen LogP contribution in [0.1, 0.15) is 53.4 Å². The van der Waals surface area contributed by atoms with Crippen LogP contribution in [0.15, 0.2) is 0 Å². The minimum Gasteiger partial charge on any atom is -0.0695 e. The van der Waals surface area contributed by atoms with Gasteiger partial charge >= 0.3 is 0 Å². The minimum absolute atomic E-state index is 0.867. The first-order valence-electron chi connectivity index (χ1n) is 5.67. The van der Waals surface area contributed by atoms with Crippen LogP contribution in [0.3, 0.4) is 0 Å². The Bertz CT molecular complexity index is 99.2. The third-order valence-electron chi connectivity index (χ3n) is 3.12. The first-order chi connectivity index (χ1) is 5.67. The van der Waals surface area contributed by atoms with Crippen LogP contribution in [0.4, 0.5) is 0 Å². The fourth-order valence-electron chi connectivity index (χ4n) is 2.44. The molecule has 0 amide bonds. The summed E-state index contributed by atoms with van der Waals surface area (Å²) >= 11 is 0. The molecule has 0 fully saturated rings. The van der Waals surface area contributed by atoms with Gasteiger partial charge in [0.15, 0.2) is 0 Å². The van der Waals surface area contributed by atoms with E-state index in [0.29, 0.717) is 0 Å². The smallest absolute Gasteiger partial charge is 0.0695 e. The molecule has 0 aliphatic heterocycles. The maximum atomic E-state index is 2.37. The lowest BCUT2D eigenvalue weighted by Crippen LogP contribution is -2.17. The quantitative estimate of drug-likeness (QED) is 0.534. The van der Waals surface area contributed by atoms with E-state index in [0.717, 1.165) is 17.7 Å². The molecule has 1 heteroatoms. The summed E-state index contributed by atoms with van der Waals surface area (Å²) in [6.07, 6.45) is 5.50. The van der Waals surface area contributed by atoms with Crippen LogP contribution >= 0.6 is 0 Å². The predicted molar refractivity (Wildman–Crippen MR) is 60.4 cm³/mol. The lowest BCUT2D eigenvalue weighted by atomic mass is 9.69. The molecule has 0 heterocycles. The van der Waals surface area contributed by atoms with E-state index in [1.807, 2.05) is 0 Å². The number of rotatable bonds is 6. The first kappa shape index (κ1) is 12.1. The van der Waals surface area contributed by atoms with Crippen molar-refractivity contribution in [1.82, 2.24) is 0 Å². The SMILES string of the molecule is BC(C)C(CC)C(CC)CCC. The lowest BCUT2D eigenvalue weighted by molar-refractivity contribution is 0.285. The molecule has 0 bridgehead atoms.